The smallest absolute Gasteiger partial charge is 0.266 e. The molecular weight excluding hydrogens is 288 g/mol. The van der Waals surface area contributed by atoms with Gasteiger partial charge in [-0.3, -0.25) is 9.36 Å². The van der Waals surface area contributed by atoms with Crippen LogP contribution in [-0.2, 0) is 0 Å². The summed E-state index contributed by atoms with van der Waals surface area (Å²) in [7, 11) is 0. The van der Waals surface area contributed by atoms with Crippen LogP contribution in [-0.4, -0.2) is 9.55 Å². The van der Waals surface area contributed by atoms with Crippen LogP contribution >= 0.6 is 0 Å². The van der Waals surface area contributed by atoms with Gasteiger partial charge >= 0.3 is 0 Å². The van der Waals surface area contributed by atoms with Crippen LogP contribution in [0.1, 0.15) is 5.76 Å². The average molecular weight is 302 g/mol. The molecule has 2 heterocycles. The Labute approximate surface area is 132 Å². The van der Waals surface area contributed by atoms with Gasteiger partial charge in [0, 0.05) is 0 Å². The van der Waals surface area contributed by atoms with Crippen LogP contribution in [0, 0.1) is 6.92 Å². The average Bonchev–Trinajstić information content (AvgIpc) is 3.02. The van der Waals surface area contributed by atoms with Gasteiger partial charge in [-0.25, -0.2) is 4.98 Å². The van der Waals surface area contributed by atoms with Crippen molar-refractivity contribution in [1.29, 1.82) is 0 Å². The van der Waals surface area contributed by atoms with E-state index in [9.17, 15) is 4.79 Å². The molecule has 0 saturated carbocycles. The van der Waals surface area contributed by atoms with Crippen molar-refractivity contribution in [2.24, 2.45) is 0 Å². The molecule has 4 nitrogen and oxygen atoms in total. The van der Waals surface area contributed by atoms with E-state index in [1.165, 1.54) is 0 Å². The normalized spacial score (nSPS) is 11.0. The molecule has 0 bridgehead atoms. The van der Waals surface area contributed by atoms with E-state index in [0.717, 1.165) is 11.4 Å². The molecule has 0 aliphatic carbocycles. The van der Waals surface area contributed by atoms with E-state index in [1.54, 1.807) is 10.6 Å². The minimum absolute atomic E-state index is 0.106. The van der Waals surface area contributed by atoms with E-state index >= 15 is 0 Å². The third kappa shape index (κ3) is 2.25. The molecule has 0 saturated heterocycles. The van der Waals surface area contributed by atoms with Crippen molar-refractivity contribution in [2.45, 2.75) is 6.92 Å². The van der Waals surface area contributed by atoms with Gasteiger partial charge in [0.15, 0.2) is 11.6 Å². The summed E-state index contributed by atoms with van der Waals surface area (Å²) in [5, 5.41) is 0.586. The summed E-state index contributed by atoms with van der Waals surface area (Å²) in [6.45, 7) is 1.87. The van der Waals surface area contributed by atoms with Crippen molar-refractivity contribution in [2.75, 3.05) is 0 Å². The first-order valence-electron chi connectivity index (χ1n) is 7.38. The summed E-state index contributed by atoms with van der Waals surface area (Å²) in [6.07, 6.45) is 0. The van der Waals surface area contributed by atoms with Crippen LogP contribution in [0.3, 0.4) is 0 Å². The lowest BCUT2D eigenvalue weighted by molar-refractivity contribution is 0.542. The quantitative estimate of drug-likeness (QED) is 0.563. The van der Waals surface area contributed by atoms with Crippen LogP contribution in [0.15, 0.2) is 75.9 Å². The van der Waals surface area contributed by atoms with Crippen molar-refractivity contribution < 1.29 is 4.42 Å². The number of para-hydroxylation sites is 2. The minimum Gasteiger partial charge on any atom is -0.458 e. The van der Waals surface area contributed by atoms with E-state index in [0.29, 0.717) is 22.5 Å². The first-order chi connectivity index (χ1) is 11.2. The summed E-state index contributed by atoms with van der Waals surface area (Å²) in [4.78, 5) is 17.7. The van der Waals surface area contributed by atoms with Crippen molar-refractivity contribution in [3.8, 4) is 17.3 Å². The van der Waals surface area contributed by atoms with Gasteiger partial charge in [-0.05, 0) is 43.3 Å². The summed E-state index contributed by atoms with van der Waals surface area (Å²) in [5.74, 6) is 1.87. The van der Waals surface area contributed by atoms with Gasteiger partial charge in [0.2, 0.25) is 0 Å². The van der Waals surface area contributed by atoms with Gasteiger partial charge in [-0.1, -0.05) is 30.3 Å². The topological polar surface area (TPSA) is 48.0 Å². The number of hydrogen-bond donors (Lipinski definition) is 0. The monoisotopic (exact) mass is 302 g/mol. The zero-order valence-corrected chi connectivity index (χ0v) is 12.6. The van der Waals surface area contributed by atoms with Crippen LogP contribution < -0.4 is 5.56 Å². The molecule has 0 fully saturated rings. The SMILES string of the molecule is Cc1ccc(-c2nc3ccccc3c(=O)n2-c2ccccc2)o1. The Kier molecular flexibility index (Phi) is 3.08. The molecule has 0 atom stereocenters. The maximum atomic E-state index is 13.0. The molecule has 4 aromatic rings. The fourth-order valence-electron chi connectivity index (χ4n) is 2.67. The van der Waals surface area contributed by atoms with Crippen molar-refractivity contribution in [3.05, 3.63) is 82.8 Å². The Bertz CT molecular complexity index is 1050. The zero-order valence-electron chi connectivity index (χ0n) is 12.6. The minimum atomic E-state index is -0.106. The standard InChI is InChI=1S/C19H14N2O2/c1-13-11-12-17(23-13)18-20-16-10-6-5-9-15(16)19(22)21(18)14-7-3-2-4-8-14/h2-12H,1H3. The molecule has 2 aromatic heterocycles. The Morgan fingerprint density at radius 2 is 1.65 bits per heavy atom. The summed E-state index contributed by atoms with van der Waals surface area (Å²) in [6, 6.07) is 20.5. The predicted octanol–water partition coefficient (Wildman–Crippen LogP) is 3.95. The van der Waals surface area contributed by atoms with E-state index in [-0.39, 0.29) is 5.56 Å². The van der Waals surface area contributed by atoms with E-state index < -0.39 is 0 Å². The largest absolute Gasteiger partial charge is 0.458 e. The first kappa shape index (κ1) is 13.5. The lowest BCUT2D eigenvalue weighted by atomic mass is 10.2. The number of hydrogen-bond acceptors (Lipinski definition) is 3. The van der Waals surface area contributed by atoms with E-state index in [1.807, 2.05) is 67.6 Å². The second-order valence-electron chi connectivity index (χ2n) is 5.34. The van der Waals surface area contributed by atoms with Gasteiger partial charge in [0.25, 0.3) is 5.56 Å². The number of fused-ring (bicyclic) bond motifs is 1. The van der Waals surface area contributed by atoms with E-state index in [2.05, 4.69) is 4.98 Å². The molecule has 4 heteroatoms. The molecule has 0 N–H and O–H groups in total. The molecule has 0 aliphatic heterocycles. The molecule has 112 valence electrons. The molecular formula is C19H14N2O2. The third-order valence-corrected chi connectivity index (χ3v) is 3.75. The molecule has 4 rings (SSSR count). The van der Waals surface area contributed by atoms with Gasteiger partial charge in [-0.15, -0.1) is 0 Å². The molecule has 0 unspecified atom stereocenters. The number of benzene rings is 2. The van der Waals surface area contributed by atoms with Gasteiger partial charge in [0.05, 0.1) is 16.6 Å². The highest BCUT2D eigenvalue weighted by molar-refractivity contribution is 5.80. The number of furan rings is 1. The Balaban J connectivity index is 2.13. The Morgan fingerprint density at radius 1 is 0.913 bits per heavy atom. The van der Waals surface area contributed by atoms with Crippen molar-refractivity contribution >= 4 is 10.9 Å². The van der Waals surface area contributed by atoms with Crippen molar-refractivity contribution in [3.63, 3.8) is 0 Å². The lowest BCUT2D eigenvalue weighted by Crippen LogP contribution is -2.21. The number of aromatic nitrogens is 2. The summed E-state index contributed by atoms with van der Waals surface area (Å²) < 4.78 is 7.31. The van der Waals surface area contributed by atoms with Gasteiger partial charge in [0.1, 0.15) is 5.76 Å². The molecule has 0 spiro atoms. The van der Waals surface area contributed by atoms with Crippen LogP contribution in [0.2, 0.25) is 0 Å². The highest BCUT2D eigenvalue weighted by atomic mass is 16.3. The number of rotatable bonds is 2. The third-order valence-electron chi connectivity index (χ3n) is 3.75. The fraction of sp³-hybridized carbons (Fsp3) is 0.0526. The summed E-state index contributed by atoms with van der Waals surface area (Å²) in [5.41, 5.74) is 1.32. The molecule has 2 aromatic carbocycles. The van der Waals surface area contributed by atoms with Gasteiger partial charge in [-0.2, -0.15) is 0 Å². The second kappa shape index (κ2) is 5.25. The number of aryl methyl sites for hydroxylation is 1. The van der Waals surface area contributed by atoms with Crippen LogP contribution in [0.4, 0.5) is 0 Å². The molecule has 0 aliphatic rings. The summed E-state index contributed by atoms with van der Waals surface area (Å²) >= 11 is 0. The highest BCUT2D eigenvalue weighted by Crippen LogP contribution is 2.23. The maximum absolute atomic E-state index is 13.0. The zero-order chi connectivity index (χ0) is 15.8. The maximum Gasteiger partial charge on any atom is 0.266 e. The highest BCUT2D eigenvalue weighted by Gasteiger charge is 2.16. The Morgan fingerprint density at radius 3 is 2.39 bits per heavy atom. The second-order valence-corrected chi connectivity index (χ2v) is 5.34. The van der Waals surface area contributed by atoms with Crippen molar-refractivity contribution in [1.82, 2.24) is 9.55 Å². The number of nitrogens with zero attached hydrogens (tertiary/aromatic N) is 2. The Hall–Kier alpha value is -3.14. The first-order valence-corrected chi connectivity index (χ1v) is 7.38. The molecule has 23 heavy (non-hydrogen) atoms. The molecule has 0 radical (unpaired) electrons. The predicted molar refractivity (Wildman–Crippen MR) is 89.8 cm³/mol. The lowest BCUT2D eigenvalue weighted by Gasteiger charge is -2.12. The van der Waals surface area contributed by atoms with E-state index in [4.69, 9.17) is 4.42 Å². The van der Waals surface area contributed by atoms with Gasteiger partial charge < -0.3 is 4.42 Å². The van der Waals surface area contributed by atoms with Crippen LogP contribution in [0.5, 0.6) is 0 Å². The van der Waals surface area contributed by atoms with Crippen LogP contribution in [0.25, 0.3) is 28.2 Å². The molecule has 0 amide bonds. The fourth-order valence-corrected chi connectivity index (χ4v) is 2.67.